The molecule has 22 heavy (non-hydrogen) atoms. The van der Waals surface area contributed by atoms with Gasteiger partial charge in [0.15, 0.2) is 0 Å². The summed E-state index contributed by atoms with van der Waals surface area (Å²) in [7, 11) is 0. The van der Waals surface area contributed by atoms with Crippen LogP contribution in [0.15, 0.2) is 0 Å². The summed E-state index contributed by atoms with van der Waals surface area (Å²) in [6, 6.07) is 0. The molecule has 0 aliphatic heterocycles. The Morgan fingerprint density at radius 2 is 1.91 bits per heavy atom. The maximum absolute atomic E-state index is 11.9. The van der Waals surface area contributed by atoms with Gasteiger partial charge in [-0.25, -0.2) is 14.3 Å². The average molecular weight is 327 g/mol. The topological polar surface area (TPSA) is 145 Å². The van der Waals surface area contributed by atoms with Crippen molar-refractivity contribution < 1.29 is 42.6 Å². The van der Waals surface area contributed by atoms with Crippen LogP contribution in [0.4, 0.5) is 18.9 Å². The molecular weight excluding hydrogens is 319 g/mol. The molecule has 10 nitrogen and oxygen atoms in total. The van der Waals surface area contributed by atoms with Crippen molar-refractivity contribution in [1.82, 2.24) is 9.78 Å². The third-order valence-electron chi connectivity index (χ3n) is 2.23. The molecule has 0 bridgehead atoms. The molecule has 1 rings (SSSR count). The van der Waals surface area contributed by atoms with Crippen LogP contribution < -0.4 is 0 Å². The summed E-state index contributed by atoms with van der Waals surface area (Å²) in [6.45, 7) is -2.88. The standard InChI is InChI=1S/C9H8F3N3O7/c10-9(11,12)3-22-2-1-14-6(8(18)19)5(15(20)21)4(13-14)7(16)17/h1-3H2,(H,16,17)(H,18,19). The van der Waals surface area contributed by atoms with E-state index in [0.717, 1.165) is 0 Å². The summed E-state index contributed by atoms with van der Waals surface area (Å²) >= 11 is 0. The largest absolute Gasteiger partial charge is 0.476 e. The number of aromatic carboxylic acids is 2. The van der Waals surface area contributed by atoms with Crippen LogP contribution in [-0.2, 0) is 11.3 Å². The SMILES string of the molecule is O=C(O)c1nn(CCOCC(F)(F)F)c(C(=O)O)c1[N+](=O)[O-]. The van der Waals surface area contributed by atoms with Crippen LogP contribution in [0.25, 0.3) is 0 Å². The number of nitrogens with zero attached hydrogens (tertiary/aromatic N) is 3. The summed E-state index contributed by atoms with van der Waals surface area (Å²) in [5.41, 5.74) is -3.44. The van der Waals surface area contributed by atoms with Crippen LogP contribution in [0, 0.1) is 10.1 Å². The maximum atomic E-state index is 11.9. The number of alkyl halides is 3. The van der Waals surface area contributed by atoms with Crippen molar-refractivity contribution in [2.45, 2.75) is 12.7 Å². The number of aromatic nitrogens is 2. The van der Waals surface area contributed by atoms with Gasteiger partial charge in [0.1, 0.15) is 6.61 Å². The predicted molar refractivity (Wildman–Crippen MR) is 59.7 cm³/mol. The summed E-state index contributed by atoms with van der Waals surface area (Å²) in [4.78, 5) is 31.3. The van der Waals surface area contributed by atoms with E-state index in [-0.39, 0.29) is 0 Å². The van der Waals surface area contributed by atoms with Crippen LogP contribution in [0.3, 0.4) is 0 Å². The minimum absolute atomic E-state index is 0.403. The molecule has 0 saturated heterocycles. The van der Waals surface area contributed by atoms with Crippen LogP contribution in [0.5, 0.6) is 0 Å². The monoisotopic (exact) mass is 327 g/mol. The molecule has 0 radical (unpaired) electrons. The molecule has 0 aliphatic rings. The number of nitro groups is 1. The fraction of sp³-hybridized carbons (Fsp3) is 0.444. The number of carboxylic acids is 2. The Morgan fingerprint density at radius 1 is 1.32 bits per heavy atom. The van der Waals surface area contributed by atoms with Gasteiger partial charge < -0.3 is 14.9 Å². The highest BCUT2D eigenvalue weighted by molar-refractivity contribution is 5.98. The fourth-order valence-corrected chi connectivity index (χ4v) is 1.48. The molecule has 1 aromatic rings. The molecule has 2 N–H and O–H groups in total. The van der Waals surface area contributed by atoms with E-state index in [4.69, 9.17) is 10.2 Å². The first kappa shape index (κ1) is 17.4. The van der Waals surface area contributed by atoms with E-state index in [0.29, 0.717) is 4.68 Å². The normalized spacial score (nSPS) is 11.4. The molecular formula is C9H8F3N3O7. The van der Waals surface area contributed by atoms with Gasteiger partial charge >= 0.3 is 23.8 Å². The number of halogens is 3. The van der Waals surface area contributed by atoms with Gasteiger partial charge in [-0.2, -0.15) is 18.3 Å². The lowest BCUT2D eigenvalue weighted by Gasteiger charge is -2.08. The van der Waals surface area contributed by atoms with Crippen LogP contribution >= 0.6 is 0 Å². The van der Waals surface area contributed by atoms with Gasteiger partial charge in [0.25, 0.3) is 0 Å². The van der Waals surface area contributed by atoms with E-state index in [2.05, 4.69) is 9.84 Å². The molecule has 1 aromatic heterocycles. The molecule has 0 aromatic carbocycles. The minimum atomic E-state index is -4.60. The van der Waals surface area contributed by atoms with Crippen LogP contribution in [-0.4, -0.2) is 56.2 Å². The quantitative estimate of drug-likeness (QED) is 0.424. The molecule has 0 fully saturated rings. The van der Waals surface area contributed by atoms with E-state index in [1.165, 1.54) is 0 Å². The zero-order valence-electron chi connectivity index (χ0n) is 10.5. The number of ether oxygens (including phenoxy) is 1. The van der Waals surface area contributed by atoms with Crippen molar-refractivity contribution >= 4 is 17.6 Å². The van der Waals surface area contributed by atoms with Gasteiger partial charge in [0.2, 0.25) is 11.4 Å². The first-order chi connectivity index (χ1) is 10.0. The second-order valence-corrected chi connectivity index (χ2v) is 3.80. The second-order valence-electron chi connectivity index (χ2n) is 3.80. The molecule has 13 heteroatoms. The van der Waals surface area contributed by atoms with E-state index in [9.17, 15) is 32.9 Å². The highest BCUT2D eigenvalue weighted by Crippen LogP contribution is 2.24. The lowest BCUT2D eigenvalue weighted by molar-refractivity contribution is -0.385. The molecule has 0 aliphatic carbocycles. The van der Waals surface area contributed by atoms with Gasteiger partial charge in [0, 0.05) is 0 Å². The Labute approximate surface area is 118 Å². The molecule has 0 atom stereocenters. The zero-order valence-corrected chi connectivity index (χ0v) is 10.5. The Balaban J connectivity index is 3.04. The molecule has 0 amide bonds. The van der Waals surface area contributed by atoms with Crippen LogP contribution in [0.1, 0.15) is 21.0 Å². The summed E-state index contributed by atoms with van der Waals surface area (Å²) in [5.74, 6) is -3.69. The smallest absolute Gasteiger partial charge is 0.411 e. The first-order valence-corrected chi connectivity index (χ1v) is 5.41. The Kier molecular flexibility index (Phi) is 5.03. The lowest BCUT2D eigenvalue weighted by Crippen LogP contribution is -2.20. The zero-order chi connectivity index (χ0) is 17.1. The second kappa shape index (κ2) is 6.38. The third kappa shape index (κ3) is 4.15. The number of hydrogen-bond donors (Lipinski definition) is 2. The molecule has 122 valence electrons. The van der Waals surface area contributed by atoms with Gasteiger partial charge in [0.05, 0.1) is 18.1 Å². The minimum Gasteiger partial charge on any atom is -0.476 e. The average Bonchev–Trinajstić information content (AvgIpc) is 2.73. The molecule has 0 saturated carbocycles. The van der Waals surface area contributed by atoms with Gasteiger partial charge in [-0.3, -0.25) is 10.1 Å². The number of rotatable bonds is 7. The molecule has 1 heterocycles. The van der Waals surface area contributed by atoms with Crippen molar-refractivity contribution in [3.05, 3.63) is 21.5 Å². The van der Waals surface area contributed by atoms with Crippen LogP contribution in [0.2, 0.25) is 0 Å². The summed E-state index contributed by atoms with van der Waals surface area (Å²) in [6.07, 6.45) is -4.60. The van der Waals surface area contributed by atoms with E-state index in [1.54, 1.807) is 0 Å². The summed E-state index contributed by atoms with van der Waals surface area (Å²) in [5, 5.41) is 31.6. The van der Waals surface area contributed by atoms with E-state index in [1.807, 2.05) is 0 Å². The number of carbonyl (C=O) groups is 2. The van der Waals surface area contributed by atoms with Crippen molar-refractivity contribution in [3.8, 4) is 0 Å². The number of hydrogen-bond acceptors (Lipinski definition) is 6. The summed E-state index contributed by atoms with van der Waals surface area (Å²) < 4.78 is 40.2. The highest BCUT2D eigenvalue weighted by atomic mass is 19.4. The Hall–Kier alpha value is -2.70. The number of carboxylic acid groups (broad SMARTS) is 2. The van der Waals surface area contributed by atoms with E-state index < -0.39 is 59.9 Å². The Bertz CT molecular complexity index is 610. The van der Waals surface area contributed by atoms with Crippen molar-refractivity contribution in [2.75, 3.05) is 13.2 Å². The molecule has 0 unspecified atom stereocenters. The fourth-order valence-electron chi connectivity index (χ4n) is 1.48. The molecule has 0 spiro atoms. The lowest BCUT2D eigenvalue weighted by atomic mass is 10.3. The Morgan fingerprint density at radius 3 is 2.32 bits per heavy atom. The predicted octanol–water partition coefficient (Wildman–Crippen LogP) is 0.767. The van der Waals surface area contributed by atoms with Gasteiger partial charge in [-0.15, -0.1) is 0 Å². The van der Waals surface area contributed by atoms with Gasteiger partial charge in [-0.05, 0) is 0 Å². The van der Waals surface area contributed by atoms with Gasteiger partial charge in [-0.1, -0.05) is 0 Å². The van der Waals surface area contributed by atoms with Crippen molar-refractivity contribution in [2.24, 2.45) is 0 Å². The first-order valence-electron chi connectivity index (χ1n) is 5.41. The van der Waals surface area contributed by atoms with Crippen molar-refractivity contribution in [3.63, 3.8) is 0 Å². The van der Waals surface area contributed by atoms with Crippen molar-refractivity contribution in [1.29, 1.82) is 0 Å². The highest BCUT2D eigenvalue weighted by Gasteiger charge is 2.36. The van der Waals surface area contributed by atoms with E-state index >= 15 is 0 Å². The third-order valence-corrected chi connectivity index (χ3v) is 2.23. The maximum Gasteiger partial charge on any atom is 0.411 e.